The Morgan fingerprint density at radius 3 is 2.44 bits per heavy atom. The number of amides is 2. The van der Waals surface area contributed by atoms with Gasteiger partial charge in [0.2, 0.25) is 0 Å². The molecule has 1 saturated heterocycles. The zero-order chi connectivity index (χ0) is 25.1. The maximum atomic E-state index is 13.0. The predicted octanol–water partition coefficient (Wildman–Crippen LogP) is 2.45. The molecule has 0 bridgehead atoms. The van der Waals surface area contributed by atoms with Crippen LogP contribution in [0.1, 0.15) is 20.7 Å². The predicted molar refractivity (Wildman–Crippen MR) is 138 cm³/mol. The number of piperazine rings is 1. The van der Waals surface area contributed by atoms with Gasteiger partial charge in [-0.05, 0) is 42.8 Å². The van der Waals surface area contributed by atoms with E-state index in [9.17, 15) is 9.59 Å². The van der Waals surface area contributed by atoms with Crippen molar-refractivity contribution < 1.29 is 9.59 Å². The maximum Gasteiger partial charge on any atom is 0.257 e. The molecule has 1 aliphatic heterocycles. The Morgan fingerprint density at radius 1 is 0.833 bits per heavy atom. The number of pyridine rings is 4. The molecule has 0 unspecified atom stereocenters. The first kappa shape index (κ1) is 23.3. The number of hydrogen-bond acceptors (Lipinski definition) is 8. The van der Waals surface area contributed by atoms with Gasteiger partial charge in [0.05, 0.1) is 11.3 Å². The minimum absolute atomic E-state index is 0.216. The molecule has 10 nitrogen and oxygen atoms in total. The molecule has 0 radical (unpaired) electrons. The van der Waals surface area contributed by atoms with Crippen LogP contribution >= 0.6 is 0 Å². The van der Waals surface area contributed by atoms with Gasteiger partial charge < -0.3 is 20.4 Å². The first-order valence-electron chi connectivity index (χ1n) is 11.6. The number of likely N-dealkylation sites (N-methyl/N-ethyl adjacent to an activating group) is 1. The van der Waals surface area contributed by atoms with Gasteiger partial charge in [0, 0.05) is 80.7 Å². The smallest absolute Gasteiger partial charge is 0.257 e. The Hall–Kier alpha value is -4.44. The van der Waals surface area contributed by atoms with Crippen LogP contribution in [0.2, 0.25) is 0 Å². The second kappa shape index (κ2) is 10.0. The summed E-state index contributed by atoms with van der Waals surface area (Å²) in [5, 5.41) is 7.16. The topological polar surface area (TPSA) is 116 Å². The Kier molecular flexibility index (Phi) is 6.50. The third-order valence-electron chi connectivity index (χ3n) is 6.20. The van der Waals surface area contributed by atoms with Crippen LogP contribution in [-0.4, -0.2) is 76.9 Å². The summed E-state index contributed by atoms with van der Waals surface area (Å²) < 4.78 is 0. The fourth-order valence-corrected chi connectivity index (χ4v) is 4.07. The van der Waals surface area contributed by atoms with E-state index in [0.29, 0.717) is 28.2 Å². The van der Waals surface area contributed by atoms with Gasteiger partial charge in [0.1, 0.15) is 11.6 Å². The summed E-state index contributed by atoms with van der Waals surface area (Å²) in [7, 11) is 3.67. The van der Waals surface area contributed by atoms with Gasteiger partial charge in [-0.15, -0.1) is 0 Å². The molecule has 0 atom stereocenters. The number of nitrogens with one attached hydrogen (secondary N) is 2. The third kappa shape index (κ3) is 4.98. The van der Waals surface area contributed by atoms with Crippen molar-refractivity contribution in [2.24, 2.45) is 0 Å². The second-order valence-corrected chi connectivity index (χ2v) is 8.67. The summed E-state index contributed by atoms with van der Waals surface area (Å²) in [6, 6.07) is 8.94. The van der Waals surface area contributed by atoms with Crippen LogP contribution in [0, 0.1) is 0 Å². The number of fused-ring (bicyclic) bond motifs is 1. The molecule has 5 rings (SSSR count). The molecule has 36 heavy (non-hydrogen) atoms. The summed E-state index contributed by atoms with van der Waals surface area (Å²) in [4.78, 5) is 46.9. The Balaban J connectivity index is 1.36. The van der Waals surface area contributed by atoms with E-state index in [2.05, 4.69) is 47.4 Å². The minimum Gasteiger partial charge on any atom is -0.355 e. The van der Waals surface area contributed by atoms with Crippen molar-refractivity contribution in [1.29, 1.82) is 0 Å². The van der Waals surface area contributed by atoms with E-state index in [0.717, 1.165) is 42.8 Å². The van der Waals surface area contributed by atoms with E-state index in [1.54, 1.807) is 50.0 Å². The summed E-state index contributed by atoms with van der Waals surface area (Å²) in [6.45, 7) is 3.67. The number of rotatable bonds is 5. The van der Waals surface area contributed by atoms with Crippen molar-refractivity contribution in [2.45, 2.75) is 0 Å². The molecule has 2 N–H and O–H groups in total. The highest BCUT2D eigenvalue weighted by atomic mass is 16.2. The van der Waals surface area contributed by atoms with Crippen LogP contribution in [0.3, 0.4) is 0 Å². The average Bonchev–Trinajstić information content (AvgIpc) is 2.92. The molecule has 0 aliphatic carbocycles. The van der Waals surface area contributed by atoms with Gasteiger partial charge >= 0.3 is 0 Å². The molecule has 10 heteroatoms. The third-order valence-corrected chi connectivity index (χ3v) is 6.20. The van der Waals surface area contributed by atoms with Gasteiger partial charge in [-0.25, -0.2) is 9.97 Å². The van der Waals surface area contributed by atoms with Crippen LogP contribution in [0.4, 0.5) is 11.6 Å². The zero-order valence-electron chi connectivity index (χ0n) is 20.1. The minimum atomic E-state index is -0.253. The van der Waals surface area contributed by atoms with Gasteiger partial charge in [-0.1, -0.05) is 0 Å². The van der Waals surface area contributed by atoms with Gasteiger partial charge in [0.25, 0.3) is 11.8 Å². The van der Waals surface area contributed by atoms with Crippen molar-refractivity contribution in [3.05, 3.63) is 72.4 Å². The monoisotopic (exact) mass is 482 g/mol. The summed E-state index contributed by atoms with van der Waals surface area (Å²) >= 11 is 0. The molecule has 0 saturated carbocycles. The van der Waals surface area contributed by atoms with Crippen LogP contribution in [0.15, 0.2) is 61.3 Å². The number of carbonyl (C=O) groups is 2. The van der Waals surface area contributed by atoms with Crippen LogP contribution in [-0.2, 0) is 0 Å². The van der Waals surface area contributed by atoms with E-state index in [1.807, 2.05) is 12.1 Å². The highest BCUT2D eigenvalue weighted by Gasteiger charge is 2.17. The second-order valence-electron chi connectivity index (χ2n) is 8.67. The largest absolute Gasteiger partial charge is 0.355 e. The summed E-state index contributed by atoms with van der Waals surface area (Å²) in [5.74, 6) is 0.757. The standard InChI is InChI=1S/C26H26N8O2/c1-27-25(35)20-9-19(13-28-14-20)22-10-18-11-23(31-16-21(18)15-30-22)32-26(36)17-3-4-29-24(12-17)34-7-5-33(2)6-8-34/h3-4,9-16H,5-8H2,1-2H3,(H,27,35)(H,31,32,36). The van der Waals surface area contributed by atoms with E-state index < -0.39 is 0 Å². The molecule has 1 fully saturated rings. The molecule has 4 aromatic heterocycles. The lowest BCUT2D eigenvalue weighted by atomic mass is 10.1. The van der Waals surface area contributed by atoms with E-state index >= 15 is 0 Å². The number of nitrogens with zero attached hydrogens (tertiary/aromatic N) is 6. The SMILES string of the molecule is CNC(=O)c1cncc(-c2cc3cc(NC(=O)c4ccnc(N5CCN(C)CC5)c4)ncc3cn2)c1. The van der Waals surface area contributed by atoms with Crippen molar-refractivity contribution in [2.75, 3.05) is 50.5 Å². The number of hydrogen-bond donors (Lipinski definition) is 2. The Labute approximate surface area is 208 Å². The zero-order valence-corrected chi connectivity index (χ0v) is 20.1. The van der Waals surface area contributed by atoms with Gasteiger partial charge in [-0.3, -0.25) is 19.6 Å². The molecular weight excluding hydrogens is 456 g/mol. The molecule has 0 spiro atoms. The summed E-state index contributed by atoms with van der Waals surface area (Å²) in [6.07, 6.45) is 8.21. The lowest BCUT2D eigenvalue weighted by Crippen LogP contribution is -2.44. The van der Waals surface area contributed by atoms with Gasteiger partial charge in [-0.2, -0.15) is 0 Å². The average molecular weight is 483 g/mol. The first-order chi connectivity index (χ1) is 17.5. The molecule has 5 heterocycles. The summed E-state index contributed by atoms with van der Waals surface area (Å²) in [5.41, 5.74) is 2.35. The Bertz CT molecular complexity index is 1430. The van der Waals surface area contributed by atoms with Crippen LogP contribution in [0.5, 0.6) is 0 Å². The maximum absolute atomic E-state index is 13.0. The molecule has 182 valence electrons. The van der Waals surface area contributed by atoms with Crippen LogP contribution < -0.4 is 15.5 Å². The first-order valence-corrected chi connectivity index (χ1v) is 11.6. The lowest BCUT2D eigenvalue weighted by molar-refractivity contribution is 0.0961. The quantitative estimate of drug-likeness (QED) is 0.446. The number of carbonyl (C=O) groups excluding carboxylic acids is 2. The fraction of sp³-hybridized carbons (Fsp3) is 0.231. The number of anilines is 2. The van der Waals surface area contributed by atoms with Crippen molar-refractivity contribution in [1.82, 2.24) is 30.2 Å². The lowest BCUT2D eigenvalue weighted by Gasteiger charge is -2.33. The molecule has 1 aliphatic rings. The molecule has 0 aromatic carbocycles. The number of aromatic nitrogens is 4. The highest BCUT2D eigenvalue weighted by molar-refractivity contribution is 6.05. The van der Waals surface area contributed by atoms with Crippen molar-refractivity contribution >= 4 is 34.2 Å². The van der Waals surface area contributed by atoms with E-state index in [4.69, 9.17) is 0 Å². The van der Waals surface area contributed by atoms with E-state index in [1.165, 1.54) is 6.20 Å². The van der Waals surface area contributed by atoms with Gasteiger partial charge in [0.15, 0.2) is 0 Å². The van der Waals surface area contributed by atoms with Crippen LogP contribution in [0.25, 0.3) is 22.0 Å². The molecular formula is C26H26N8O2. The molecule has 4 aromatic rings. The van der Waals surface area contributed by atoms with Crippen molar-refractivity contribution in [3.63, 3.8) is 0 Å². The van der Waals surface area contributed by atoms with Crippen molar-refractivity contribution in [3.8, 4) is 11.3 Å². The highest BCUT2D eigenvalue weighted by Crippen LogP contribution is 2.24. The normalized spacial score (nSPS) is 14.0. The molecule has 2 amide bonds. The Morgan fingerprint density at radius 2 is 1.64 bits per heavy atom. The fourth-order valence-electron chi connectivity index (χ4n) is 4.07. The van der Waals surface area contributed by atoms with E-state index in [-0.39, 0.29) is 11.8 Å².